The van der Waals surface area contributed by atoms with E-state index in [-0.39, 0.29) is 6.42 Å². The second-order valence-corrected chi connectivity index (χ2v) is 10.1. The van der Waals surface area contributed by atoms with Gasteiger partial charge in [-0.3, -0.25) is 14.4 Å². The lowest BCUT2D eigenvalue weighted by Crippen LogP contribution is -2.56. The lowest BCUT2D eigenvalue weighted by atomic mass is 9.61. The molecule has 1 fully saturated rings. The number of ether oxygens (including phenoxy) is 1. The number of amides is 2. The maximum atomic E-state index is 13.7. The van der Waals surface area contributed by atoms with E-state index < -0.39 is 41.0 Å². The lowest BCUT2D eigenvalue weighted by molar-refractivity contribution is -0.150. The molecular formula is C28H26Cl2N2O5. The Kier molecular flexibility index (Phi) is 7.87. The third-order valence-electron chi connectivity index (χ3n) is 6.56. The van der Waals surface area contributed by atoms with Crippen LogP contribution in [0.3, 0.4) is 0 Å². The van der Waals surface area contributed by atoms with E-state index >= 15 is 0 Å². The Morgan fingerprint density at radius 3 is 1.84 bits per heavy atom. The quantitative estimate of drug-likeness (QED) is 0.367. The Bertz CT molecular complexity index is 1290. The van der Waals surface area contributed by atoms with Gasteiger partial charge >= 0.3 is 0 Å². The summed E-state index contributed by atoms with van der Waals surface area (Å²) in [7, 11) is 1.52. The third-order valence-corrected chi connectivity index (χ3v) is 7.06. The first kappa shape index (κ1) is 26.7. The molecule has 4 atom stereocenters. The molecule has 0 spiro atoms. The van der Waals surface area contributed by atoms with Crippen LogP contribution in [0.25, 0.3) is 0 Å². The number of benzene rings is 3. The van der Waals surface area contributed by atoms with E-state index in [9.17, 15) is 19.5 Å². The van der Waals surface area contributed by atoms with Crippen LogP contribution in [0.2, 0.25) is 10.0 Å². The van der Waals surface area contributed by atoms with Crippen molar-refractivity contribution in [3.63, 3.8) is 0 Å². The molecule has 0 saturated heterocycles. The molecule has 37 heavy (non-hydrogen) atoms. The van der Waals surface area contributed by atoms with Gasteiger partial charge in [-0.25, -0.2) is 0 Å². The molecule has 4 rings (SSSR count). The van der Waals surface area contributed by atoms with Crippen LogP contribution >= 0.6 is 23.2 Å². The van der Waals surface area contributed by atoms with Gasteiger partial charge in [0.05, 0.1) is 18.6 Å². The fourth-order valence-corrected chi connectivity index (χ4v) is 5.08. The highest BCUT2D eigenvalue weighted by Crippen LogP contribution is 2.47. The van der Waals surface area contributed by atoms with E-state index in [1.807, 2.05) is 0 Å². The summed E-state index contributed by atoms with van der Waals surface area (Å²) in [5, 5.41) is 17.9. The van der Waals surface area contributed by atoms with Gasteiger partial charge in [0.25, 0.3) is 0 Å². The monoisotopic (exact) mass is 540 g/mol. The van der Waals surface area contributed by atoms with Crippen molar-refractivity contribution in [1.29, 1.82) is 0 Å². The predicted octanol–water partition coefficient (Wildman–Crippen LogP) is 5.32. The average Bonchev–Trinajstić information content (AvgIpc) is 2.85. The van der Waals surface area contributed by atoms with Crippen LogP contribution in [0.5, 0.6) is 5.75 Å². The van der Waals surface area contributed by atoms with Crippen LogP contribution in [0.4, 0.5) is 11.4 Å². The van der Waals surface area contributed by atoms with Crippen molar-refractivity contribution < 1.29 is 24.2 Å². The summed E-state index contributed by atoms with van der Waals surface area (Å²) in [6.07, 6.45) is -0.364. The molecule has 2 amide bonds. The summed E-state index contributed by atoms with van der Waals surface area (Å²) in [4.78, 5) is 40.5. The second kappa shape index (κ2) is 10.9. The van der Waals surface area contributed by atoms with Gasteiger partial charge in [0, 0.05) is 33.8 Å². The average molecular weight is 541 g/mol. The first-order chi connectivity index (χ1) is 17.6. The van der Waals surface area contributed by atoms with E-state index in [0.29, 0.717) is 32.7 Å². The van der Waals surface area contributed by atoms with Crippen molar-refractivity contribution in [2.24, 2.45) is 11.8 Å². The molecule has 1 saturated carbocycles. The van der Waals surface area contributed by atoms with Crippen molar-refractivity contribution in [3.8, 4) is 5.75 Å². The van der Waals surface area contributed by atoms with E-state index in [2.05, 4.69) is 10.6 Å². The Balaban J connectivity index is 1.75. The van der Waals surface area contributed by atoms with E-state index in [1.54, 1.807) is 72.8 Å². The largest absolute Gasteiger partial charge is 0.497 e. The first-order valence-electron chi connectivity index (χ1n) is 11.6. The van der Waals surface area contributed by atoms with Gasteiger partial charge in [0.15, 0.2) is 0 Å². The lowest BCUT2D eigenvalue weighted by Gasteiger charge is -2.44. The highest BCUT2D eigenvalue weighted by atomic mass is 35.5. The van der Waals surface area contributed by atoms with Gasteiger partial charge in [-0.2, -0.15) is 0 Å². The zero-order valence-electron chi connectivity index (χ0n) is 20.2. The minimum absolute atomic E-state index is 0.364. The van der Waals surface area contributed by atoms with E-state index in [1.165, 1.54) is 14.0 Å². The summed E-state index contributed by atoms with van der Waals surface area (Å²) in [5.74, 6) is -4.31. The van der Waals surface area contributed by atoms with Crippen molar-refractivity contribution in [3.05, 3.63) is 88.4 Å². The maximum absolute atomic E-state index is 13.7. The molecule has 0 aromatic heterocycles. The van der Waals surface area contributed by atoms with Gasteiger partial charge in [0.2, 0.25) is 11.8 Å². The molecule has 9 heteroatoms. The Morgan fingerprint density at radius 2 is 1.35 bits per heavy atom. The number of hydrogen-bond donors (Lipinski definition) is 3. The van der Waals surface area contributed by atoms with Gasteiger partial charge in [0.1, 0.15) is 17.5 Å². The third kappa shape index (κ3) is 5.96. The fraction of sp³-hybridized carbons (Fsp3) is 0.250. The molecular weight excluding hydrogens is 515 g/mol. The predicted molar refractivity (Wildman–Crippen MR) is 143 cm³/mol. The molecule has 3 aromatic carbocycles. The van der Waals surface area contributed by atoms with Crippen LogP contribution < -0.4 is 15.4 Å². The van der Waals surface area contributed by atoms with Crippen LogP contribution in [0.1, 0.15) is 24.8 Å². The van der Waals surface area contributed by atoms with E-state index in [4.69, 9.17) is 27.9 Å². The van der Waals surface area contributed by atoms with Crippen LogP contribution in [-0.2, 0) is 14.4 Å². The number of carbonyl (C=O) groups excluding carboxylic acids is 3. The number of ketones is 1. The molecule has 0 heterocycles. The molecule has 1 aliphatic carbocycles. The van der Waals surface area contributed by atoms with Crippen molar-refractivity contribution >= 4 is 52.2 Å². The Labute approximate surface area is 224 Å². The van der Waals surface area contributed by atoms with Gasteiger partial charge in [-0.15, -0.1) is 0 Å². The van der Waals surface area contributed by atoms with Gasteiger partial charge < -0.3 is 20.5 Å². The summed E-state index contributed by atoms with van der Waals surface area (Å²) in [5.41, 5.74) is -0.246. The molecule has 1 aliphatic rings. The van der Waals surface area contributed by atoms with Crippen molar-refractivity contribution in [1.82, 2.24) is 0 Å². The number of hydrogen-bond acceptors (Lipinski definition) is 5. The number of carbonyl (C=O) groups is 3. The normalized spacial score (nSPS) is 23.3. The fourth-order valence-electron chi connectivity index (χ4n) is 4.82. The molecule has 0 bridgehead atoms. The minimum atomic E-state index is -1.71. The van der Waals surface area contributed by atoms with Crippen LogP contribution in [0, 0.1) is 11.8 Å². The zero-order chi connectivity index (χ0) is 26.7. The Hall–Kier alpha value is -3.39. The summed E-state index contributed by atoms with van der Waals surface area (Å²) >= 11 is 11.9. The highest BCUT2D eigenvalue weighted by Gasteiger charge is 2.55. The van der Waals surface area contributed by atoms with Crippen LogP contribution in [0.15, 0.2) is 72.8 Å². The smallest absolute Gasteiger partial charge is 0.235 e. The summed E-state index contributed by atoms with van der Waals surface area (Å²) in [6, 6.07) is 19.8. The molecule has 3 N–H and O–H groups in total. The number of methoxy groups -OCH3 is 1. The molecule has 7 nitrogen and oxygen atoms in total. The second-order valence-electron chi connectivity index (χ2n) is 9.25. The standard InChI is InChI=1S/C28H26Cl2N2O5/c1-28(36)15-22(33)24(26(34)31-19-9-5-17(29)6-10-19)23(16-3-13-21(37-2)14-4-16)25(28)27(35)32-20-11-7-18(30)8-12-20/h3-14,23-25,36H,15H2,1-2H3,(H,31,34)(H,32,35). The minimum Gasteiger partial charge on any atom is -0.497 e. The highest BCUT2D eigenvalue weighted by molar-refractivity contribution is 6.31. The summed E-state index contributed by atoms with van der Waals surface area (Å²) < 4.78 is 5.25. The van der Waals surface area contributed by atoms with E-state index in [0.717, 1.165) is 0 Å². The number of anilines is 2. The SMILES string of the molecule is COc1ccc(C2C(C(=O)Nc3ccc(Cl)cc3)C(=O)CC(C)(O)C2C(=O)Nc2ccc(Cl)cc2)cc1. The Morgan fingerprint density at radius 1 is 0.865 bits per heavy atom. The maximum Gasteiger partial charge on any atom is 0.235 e. The molecule has 0 aliphatic heterocycles. The number of halogens is 2. The van der Waals surface area contributed by atoms with Crippen molar-refractivity contribution in [2.45, 2.75) is 24.9 Å². The summed E-state index contributed by atoms with van der Waals surface area (Å²) in [6.45, 7) is 1.45. The zero-order valence-corrected chi connectivity index (χ0v) is 21.7. The first-order valence-corrected chi connectivity index (χ1v) is 12.4. The topological polar surface area (TPSA) is 105 Å². The number of Topliss-reactive ketones (excluding diaryl/α,β-unsaturated/α-hetero) is 1. The molecule has 192 valence electrons. The van der Waals surface area contributed by atoms with Gasteiger partial charge in [-0.05, 0) is 73.2 Å². The van der Waals surface area contributed by atoms with Crippen molar-refractivity contribution in [2.75, 3.05) is 17.7 Å². The molecule has 3 aromatic rings. The van der Waals surface area contributed by atoms with Gasteiger partial charge in [-0.1, -0.05) is 35.3 Å². The number of rotatable bonds is 6. The molecule has 0 radical (unpaired) electrons. The molecule has 4 unspecified atom stereocenters. The van der Waals surface area contributed by atoms with Crippen LogP contribution in [-0.4, -0.2) is 35.4 Å². The number of nitrogens with one attached hydrogen (secondary N) is 2. The number of aliphatic hydroxyl groups is 1.